The molecule has 0 spiro atoms. The van der Waals surface area contributed by atoms with Gasteiger partial charge in [-0.25, -0.2) is 4.68 Å². The summed E-state index contributed by atoms with van der Waals surface area (Å²) in [4.78, 5) is 18.8. The summed E-state index contributed by atoms with van der Waals surface area (Å²) < 4.78 is 1.63. The van der Waals surface area contributed by atoms with Crippen LogP contribution in [0.5, 0.6) is 0 Å². The molecule has 1 fully saturated rings. The summed E-state index contributed by atoms with van der Waals surface area (Å²) in [5.41, 5.74) is 8.64. The quantitative estimate of drug-likeness (QED) is 0.697. The highest BCUT2D eigenvalue weighted by Crippen LogP contribution is 2.27. The van der Waals surface area contributed by atoms with Crippen molar-refractivity contribution in [1.29, 1.82) is 0 Å². The first-order chi connectivity index (χ1) is 12.7. The molecule has 9 heteroatoms. The maximum atomic E-state index is 12.8. The first kappa shape index (κ1) is 21.8. The predicted molar refractivity (Wildman–Crippen MR) is 111 cm³/mol. The van der Waals surface area contributed by atoms with Crippen molar-refractivity contribution in [2.24, 2.45) is 5.73 Å². The second-order valence-corrected chi connectivity index (χ2v) is 6.51. The minimum Gasteiger partial charge on any atom is -0.335 e. The topological polar surface area (TPSA) is 89.9 Å². The first-order valence-electron chi connectivity index (χ1n) is 8.60. The van der Waals surface area contributed by atoms with E-state index in [0.717, 1.165) is 11.3 Å². The molecule has 2 N–H and O–H groups in total. The zero-order valence-corrected chi connectivity index (χ0v) is 16.7. The number of nitrogens with zero attached hydrogens (tertiary/aromatic N) is 5. The summed E-state index contributed by atoms with van der Waals surface area (Å²) in [7, 11) is 0. The smallest absolute Gasteiger partial charge is 0.276 e. The van der Waals surface area contributed by atoms with Gasteiger partial charge in [0.2, 0.25) is 0 Å². The van der Waals surface area contributed by atoms with Gasteiger partial charge in [-0.1, -0.05) is 41.6 Å². The van der Waals surface area contributed by atoms with Crippen LogP contribution < -0.4 is 5.73 Å². The van der Waals surface area contributed by atoms with E-state index in [0.29, 0.717) is 25.3 Å². The Hall–Kier alpha value is -2.48. The number of carbonyl (C=O) groups excluding carboxylic acids is 1. The molecule has 0 unspecified atom stereocenters. The molecule has 28 heavy (non-hydrogen) atoms. The number of amides is 1. The number of halogens is 2. The first-order valence-corrected chi connectivity index (χ1v) is 8.60. The Bertz CT molecular complexity index is 890. The Morgan fingerprint density at radius 2 is 1.82 bits per heavy atom. The molecule has 2 aromatic heterocycles. The van der Waals surface area contributed by atoms with Crippen molar-refractivity contribution in [2.75, 3.05) is 13.1 Å². The second-order valence-electron chi connectivity index (χ2n) is 6.51. The van der Waals surface area contributed by atoms with E-state index in [1.807, 2.05) is 36.4 Å². The third kappa shape index (κ3) is 4.67. The van der Waals surface area contributed by atoms with E-state index in [4.69, 9.17) is 5.73 Å². The molecule has 3 heterocycles. The molecule has 3 aromatic rings. The van der Waals surface area contributed by atoms with E-state index < -0.39 is 0 Å². The van der Waals surface area contributed by atoms with Crippen LogP contribution in [0.25, 0.3) is 0 Å². The van der Waals surface area contributed by atoms with Gasteiger partial charge in [0.25, 0.3) is 5.91 Å². The molecule has 1 saturated heterocycles. The number of aromatic nitrogens is 4. The van der Waals surface area contributed by atoms with Crippen LogP contribution in [0.4, 0.5) is 0 Å². The molecule has 1 aliphatic rings. The van der Waals surface area contributed by atoms with Crippen LogP contribution in [-0.2, 0) is 6.54 Å². The van der Waals surface area contributed by atoms with Crippen LogP contribution in [0, 0.1) is 0 Å². The fourth-order valence-corrected chi connectivity index (χ4v) is 3.34. The van der Waals surface area contributed by atoms with Crippen molar-refractivity contribution in [2.45, 2.75) is 18.5 Å². The van der Waals surface area contributed by atoms with Crippen molar-refractivity contribution in [3.63, 3.8) is 0 Å². The highest BCUT2D eigenvalue weighted by atomic mass is 35.5. The molecule has 4 rings (SSSR count). The van der Waals surface area contributed by atoms with Crippen molar-refractivity contribution in [3.8, 4) is 0 Å². The minimum atomic E-state index is -0.133. The number of hydrogen-bond donors (Lipinski definition) is 1. The van der Waals surface area contributed by atoms with Crippen molar-refractivity contribution in [1.82, 2.24) is 24.9 Å². The lowest BCUT2D eigenvalue weighted by atomic mass is 9.95. The lowest BCUT2D eigenvalue weighted by molar-refractivity contribution is 0.0783. The van der Waals surface area contributed by atoms with Crippen molar-refractivity contribution < 1.29 is 4.79 Å². The molecule has 1 aromatic carbocycles. The van der Waals surface area contributed by atoms with Crippen LogP contribution in [0.15, 0.2) is 60.9 Å². The number of nitrogens with two attached hydrogens (primary N) is 1. The number of benzene rings is 1. The molecular formula is C19H22Cl2N6O. The van der Waals surface area contributed by atoms with E-state index in [9.17, 15) is 4.79 Å². The van der Waals surface area contributed by atoms with E-state index in [-0.39, 0.29) is 42.7 Å². The second kappa shape index (κ2) is 9.64. The summed E-state index contributed by atoms with van der Waals surface area (Å²) >= 11 is 0. The van der Waals surface area contributed by atoms with Crippen molar-refractivity contribution >= 4 is 30.7 Å². The average molecular weight is 421 g/mol. The van der Waals surface area contributed by atoms with Gasteiger partial charge in [-0.15, -0.1) is 29.9 Å². The van der Waals surface area contributed by atoms with E-state index in [2.05, 4.69) is 27.4 Å². The number of carbonyl (C=O) groups is 1. The van der Waals surface area contributed by atoms with Gasteiger partial charge in [0.15, 0.2) is 5.69 Å². The van der Waals surface area contributed by atoms with Gasteiger partial charge in [-0.05, 0) is 17.7 Å². The Morgan fingerprint density at radius 3 is 2.54 bits per heavy atom. The number of hydrogen-bond acceptors (Lipinski definition) is 5. The Kier molecular flexibility index (Phi) is 7.51. The van der Waals surface area contributed by atoms with Crippen LogP contribution >= 0.6 is 24.8 Å². The largest absolute Gasteiger partial charge is 0.335 e. The number of likely N-dealkylation sites (tertiary alicyclic amines) is 1. The Labute approximate surface area is 175 Å². The zero-order chi connectivity index (χ0) is 17.9. The number of pyridine rings is 1. The molecule has 7 nitrogen and oxygen atoms in total. The molecule has 0 radical (unpaired) electrons. The summed E-state index contributed by atoms with van der Waals surface area (Å²) in [5, 5.41) is 8.08. The fourth-order valence-electron chi connectivity index (χ4n) is 3.34. The third-order valence-electron chi connectivity index (χ3n) is 4.69. The van der Waals surface area contributed by atoms with Gasteiger partial charge >= 0.3 is 0 Å². The normalized spacial score (nSPS) is 18.2. The molecule has 1 amide bonds. The van der Waals surface area contributed by atoms with E-state index >= 15 is 0 Å². The average Bonchev–Trinajstić information content (AvgIpc) is 3.29. The molecule has 2 atom stereocenters. The zero-order valence-electron chi connectivity index (χ0n) is 15.1. The highest BCUT2D eigenvalue weighted by molar-refractivity contribution is 5.92. The Balaban J connectivity index is 0.00000140. The van der Waals surface area contributed by atoms with Crippen LogP contribution in [0.1, 0.15) is 27.7 Å². The lowest BCUT2D eigenvalue weighted by Crippen LogP contribution is -2.32. The summed E-state index contributed by atoms with van der Waals surface area (Å²) in [6.07, 6.45) is 3.39. The molecule has 0 saturated carbocycles. The third-order valence-corrected chi connectivity index (χ3v) is 4.69. The highest BCUT2D eigenvalue weighted by Gasteiger charge is 2.35. The maximum Gasteiger partial charge on any atom is 0.276 e. The Morgan fingerprint density at radius 1 is 1.07 bits per heavy atom. The maximum absolute atomic E-state index is 12.8. The van der Waals surface area contributed by atoms with Gasteiger partial charge < -0.3 is 10.6 Å². The van der Waals surface area contributed by atoms with Gasteiger partial charge in [0.05, 0.1) is 18.4 Å². The SMILES string of the molecule is Cl.Cl.N[C@@H]1CN(C(=O)c2cn(Cc3ccccn3)nn2)C[C@H]1c1ccccc1. The molecule has 1 aliphatic heterocycles. The molecule has 148 valence electrons. The summed E-state index contributed by atoms with van der Waals surface area (Å²) in [6.45, 7) is 1.59. The van der Waals surface area contributed by atoms with Crippen LogP contribution in [0.3, 0.4) is 0 Å². The van der Waals surface area contributed by atoms with Gasteiger partial charge in [-0.3, -0.25) is 9.78 Å². The minimum absolute atomic E-state index is 0. The standard InChI is InChI=1S/C19H20N6O.2ClH/c20-17-12-24(11-16(17)14-6-2-1-3-7-14)19(26)18-13-25(23-22-18)10-15-8-4-5-9-21-15;;/h1-9,13,16-17H,10-12,20H2;2*1H/t16-,17+;;/m0../s1. The fraction of sp³-hybridized carbons (Fsp3) is 0.263. The van der Waals surface area contributed by atoms with Gasteiger partial charge in [0, 0.05) is 31.2 Å². The predicted octanol–water partition coefficient (Wildman–Crippen LogP) is 2.13. The van der Waals surface area contributed by atoms with Crippen LogP contribution in [0.2, 0.25) is 0 Å². The van der Waals surface area contributed by atoms with E-state index in [1.54, 1.807) is 22.0 Å². The lowest BCUT2D eigenvalue weighted by Gasteiger charge is -2.15. The summed E-state index contributed by atoms with van der Waals surface area (Å²) in [5.74, 6) is 0.00913. The number of rotatable bonds is 4. The van der Waals surface area contributed by atoms with Gasteiger partial charge in [0.1, 0.15) is 0 Å². The van der Waals surface area contributed by atoms with Gasteiger partial charge in [-0.2, -0.15) is 0 Å². The van der Waals surface area contributed by atoms with Crippen LogP contribution in [-0.4, -0.2) is 49.9 Å². The summed E-state index contributed by atoms with van der Waals surface area (Å²) in [6, 6.07) is 15.7. The van der Waals surface area contributed by atoms with Crippen molar-refractivity contribution in [3.05, 3.63) is 77.9 Å². The monoisotopic (exact) mass is 420 g/mol. The van der Waals surface area contributed by atoms with E-state index in [1.165, 1.54) is 0 Å². The molecular weight excluding hydrogens is 399 g/mol. The molecule has 0 aliphatic carbocycles. The molecule has 0 bridgehead atoms.